The Balaban J connectivity index is 2.71. The van der Waals surface area contributed by atoms with Crippen molar-refractivity contribution in [2.75, 3.05) is 0 Å². The fraction of sp³-hybridized carbons (Fsp3) is 0.364. The van der Waals surface area contributed by atoms with Crippen LogP contribution in [-0.4, -0.2) is 11.1 Å². The third kappa shape index (κ3) is 3.63. The molecule has 0 radical (unpaired) electrons. The molecule has 2 nitrogen and oxygen atoms in total. The maximum Gasteiger partial charge on any atom is 0.304 e. The molecule has 1 aromatic heterocycles. The Bertz CT molecular complexity index is 366. The summed E-state index contributed by atoms with van der Waals surface area (Å²) in [4.78, 5) is 11.5. The summed E-state index contributed by atoms with van der Waals surface area (Å²) < 4.78 is 0. The number of thiophene rings is 1. The lowest BCUT2D eigenvalue weighted by molar-refractivity contribution is -0.138. The van der Waals surface area contributed by atoms with Crippen LogP contribution in [0.25, 0.3) is 0 Å². The van der Waals surface area contributed by atoms with Crippen LogP contribution >= 0.6 is 11.3 Å². The van der Waals surface area contributed by atoms with Crippen LogP contribution < -0.4 is 0 Å². The summed E-state index contributed by atoms with van der Waals surface area (Å²) in [7, 11) is 0. The van der Waals surface area contributed by atoms with Crippen LogP contribution in [0.5, 0.6) is 0 Å². The predicted octanol–water partition coefficient (Wildman–Crippen LogP) is 2.60. The second-order valence-electron chi connectivity index (χ2n) is 3.68. The highest BCUT2D eigenvalue weighted by Gasteiger charge is 2.18. The average molecular weight is 208 g/mol. The lowest BCUT2D eigenvalue weighted by Crippen LogP contribution is -2.14. The van der Waals surface area contributed by atoms with Gasteiger partial charge in [-0.05, 0) is 25.3 Å². The predicted molar refractivity (Wildman–Crippen MR) is 57.2 cm³/mol. The van der Waals surface area contributed by atoms with E-state index in [0.717, 1.165) is 4.88 Å². The summed E-state index contributed by atoms with van der Waals surface area (Å²) >= 11 is 1.56. The van der Waals surface area contributed by atoms with E-state index in [0.29, 0.717) is 0 Å². The number of hydrogen-bond acceptors (Lipinski definition) is 2. The zero-order valence-corrected chi connectivity index (χ0v) is 9.02. The van der Waals surface area contributed by atoms with Crippen LogP contribution in [0.1, 0.15) is 25.1 Å². The van der Waals surface area contributed by atoms with Gasteiger partial charge in [0.05, 0.1) is 11.3 Å². The first-order chi connectivity index (χ1) is 6.49. The molecule has 74 valence electrons. The summed E-state index contributed by atoms with van der Waals surface area (Å²) in [6.07, 6.45) is 0.0748. The van der Waals surface area contributed by atoms with E-state index >= 15 is 0 Å². The lowest BCUT2D eigenvalue weighted by Gasteiger charge is -2.13. The quantitative estimate of drug-likeness (QED) is 0.758. The lowest BCUT2D eigenvalue weighted by atomic mass is 9.90. The van der Waals surface area contributed by atoms with Crippen LogP contribution in [-0.2, 0) is 4.79 Å². The third-order valence-electron chi connectivity index (χ3n) is 1.64. The van der Waals surface area contributed by atoms with Crippen molar-refractivity contribution in [2.24, 2.45) is 5.41 Å². The molecule has 0 atom stereocenters. The summed E-state index contributed by atoms with van der Waals surface area (Å²) in [5, 5.41) is 10.6. The second kappa shape index (κ2) is 4.30. The van der Waals surface area contributed by atoms with Crippen LogP contribution in [0.15, 0.2) is 17.5 Å². The van der Waals surface area contributed by atoms with E-state index in [-0.39, 0.29) is 6.42 Å². The van der Waals surface area contributed by atoms with Crippen LogP contribution in [0.2, 0.25) is 0 Å². The van der Waals surface area contributed by atoms with E-state index in [1.165, 1.54) is 0 Å². The van der Waals surface area contributed by atoms with E-state index in [4.69, 9.17) is 5.11 Å². The van der Waals surface area contributed by atoms with Crippen molar-refractivity contribution >= 4 is 17.3 Å². The first-order valence-electron chi connectivity index (χ1n) is 4.28. The van der Waals surface area contributed by atoms with E-state index < -0.39 is 11.4 Å². The van der Waals surface area contributed by atoms with Gasteiger partial charge >= 0.3 is 5.97 Å². The maximum absolute atomic E-state index is 10.5. The number of carbonyl (C=O) groups is 1. The molecule has 0 aliphatic carbocycles. The molecule has 14 heavy (non-hydrogen) atoms. The summed E-state index contributed by atoms with van der Waals surface area (Å²) in [6, 6.07) is 3.85. The fourth-order valence-electron chi connectivity index (χ4n) is 1.00. The van der Waals surface area contributed by atoms with Crippen LogP contribution in [0, 0.1) is 17.3 Å². The molecule has 0 saturated carbocycles. The van der Waals surface area contributed by atoms with Crippen molar-refractivity contribution in [3.63, 3.8) is 0 Å². The molecular weight excluding hydrogens is 196 g/mol. The fourth-order valence-corrected chi connectivity index (χ4v) is 1.57. The number of carboxylic acid groups (broad SMARTS) is 1. The first kappa shape index (κ1) is 10.8. The Morgan fingerprint density at radius 2 is 2.36 bits per heavy atom. The highest BCUT2D eigenvalue weighted by atomic mass is 32.1. The Kier molecular flexibility index (Phi) is 3.32. The van der Waals surface area contributed by atoms with Crippen molar-refractivity contribution in [1.29, 1.82) is 0 Å². The highest BCUT2D eigenvalue weighted by Crippen LogP contribution is 2.19. The summed E-state index contributed by atoms with van der Waals surface area (Å²) in [6.45, 7) is 3.67. The van der Waals surface area contributed by atoms with Gasteiger partial charge in [0.15, 0.2) is 0 Å². The summed E-state index contributed by atoms with van der Waals surface area (Å²) in [5.41, 5.74) is -0.462. The molecule has 1 N–H and O–H groups in total. The molecule has 3 heteroatoms. The largest absolute Gasteiger partial charge is 0.481 e. The minimum Gasteiger partial charge on any atom is -0.481 e. The van der Waals surface area contributed by atoms with Crippen LogP contribution in [0.4, 0.5) is 0 Å². The van der Waals surface area contributed by atoms with E-state index in [2.05, 4.69) is 11.8 Å². The zero-order valence-electron chi connectivity index (χ0n) is 8.20. The van der Waals surface area contributed by atoms with Crippen molar-refractivity contribution in [1.82, 2.24) is 0 Å². The first-order valence-corrected chi connectivity index (χ1v) is 5.16. The molecule has 0 amide bonds. The van der Waals surface area contributed by atoms with Gasteiger partial charge in [-0.2, -0.15) is 0 Å². The maximum atomic E-state index is 10.5. The Hall–Kier alpha value is -1.27. The molecule has 1 rings (SSSR count). The van der Waals surface area contributed by atoms with Crippen molar-refractivity contribution < 1.29 is 9.90 Å². The van der Waals surface area contributed by atoms with Gasteiger partial charge in [0, 0.05) is 5.41 Å². The third-order valence-corrected chi connectivity index (χ3v) is 2.42. The molecule has 0 aliphatic rings. The topological polar surface area (TPSA) is 37.3 Å². The molecule has 0 unspecified atom stereocenters. The highest BCUT2D eigenvalue weighted by molar-refractivity contribution is 7.10. The molecule has 0 spiro atoms. The minimum absolute atomic E-state index is 0.0748. The van der Waals surface area contributed by atoms with E-state index in [9.17, 15) is 4.79 Å². The molecule has 0 bridgehead atoms. The molecule has 0 aromatic carbocycles. The standard InChI is InChI=1S/C11H12O2S/c1-11(2,8-10(12)13)6-5-9-4-3-7-14-9/h3-4,7H,8H2,1-2H3,(H,12,13). The van der Waals surface area contributed by atoms with Gasteiger partial charge in [-0.25, -0.2) is 0 Å². The van der Waals surface area contributed by atoms with Gasteiger partial charge in [-0.1, -0.05) is 17.9 Å². The molecule has 1 heterocycles. The number of aliphatic carboxylic acids is 1. The molecule has 0 saturated heterocycles. The molecule has 0 aliphatic heterocycles. The number of hydrogen-bond donors (Lipinski definition) is 1. The van der Waals surface area contributed by atoms with Gasteiger partial charge in [0.25, 0.3) is 0 Å². The van der Waals surface area contributed by atoms with Gasteiger partial charge < -0.3 is 5.11 Å². The Morgan fingerprint density at radius 3 is 2.86 bits per heavy atom. The molecule has 0 fully saturated rings. The Labute approximate surface area is 87.6 Å². The van der Waals surface area contributed by atoms with Gasteiger partial charge in [-0.3, -0.25) is 4.79 Å². The Morgan fingerprint density at radius 1 is 1.64 bits per heavy atom. The molecule has 1 aromatic rings. The average Bonchev–Trinajstić information content (AvgIpc) is 2.50. The number of rotatable bonds is 2. The second-order valence-corrected chi connectivity index (χ2v) is 4.63. The minimum atomic E-state index is -0.810. The monoisotopic (exact) mass is 208 g/mol. The normalized spacial score (nSPS) is 10.4. The SMILES string of the molecule is CC(C)(C#Cc1cccs1)CC(=O)O. The zero-order chi connectivity index (χ0) is 10.6. The van der Waals surface area contributed by atoms with Gasteiger partial charge in [-0.15, -0.1) is 11.3 Å². The van der Waals surface area contributed by atoms with Gasteiger partial charge in [0.2, 0.25) is 0 Å². The smallest absolute Gasteiger partial charge is 0.304 e. The van der Waals surface area contributed by atoms with Crippen molar-refractivity contribution in [3.8, 4) is 11.8 Å². The molecular formula is C11H12O2S. The van der Waals surface area contributed by atoms with Crippen LogP contribution in [0.3, 0.4) is 0 Å². The van der Waals surface area contributed by atoms with E-state index in [1.807, 2.05) is 31.4 Å². The van der Waals surface area contributed by atoms with Gasteiger partial charge in [0.1, 0.15) is 0 Å². The van der Waals surface area contributed by atoms with Crippen molar-refractivity contribution in [2.45, 2.75) is 20.3 Å². The summed E-state index contributed by atoms with van der Waals surface area (Å²) in [5.74, 6) is 5.14. The van der Waals surface area contributed by atoms with E-state index in [1.54, 1.807) is 11.3 Å². The number of carboxylic acids is 1. The van der Waals surface area contributed by atoms with Crippen molar-refractivity contribution in [3.05, 3.63) is 22.4 Å².